The molecule has 0 N–H and O–H groups in total. The maximum Gasteiger partial charge on any atom is -0.0371 e. The summed E-state index contributed by atoms with van der Waals surface area (Å²) < 4.78 is 0. The summed E-state index contributed by atoms with van der Waals surface area (Å²) in [4.78, 5) is 0. The van der Waals surface area contributed by atoms with Crippen LogP contribution >= 0.6 is 0 Å². The van der Waals surface area contributed by atoms with Gasteiger partial charge in [0.25, 0.3) is 0 Å². The second kappa shape index (κ2) is 9.87. The standard InChI is InChI=1S/2C9H20/c1-8(2)6-7-9(3,4)5;1-6-9(7(2)3)8(4)5/h8H,6-7H2,1-5H3;7-9H,6H2,1-5H3. The molecule has 0 heteroatoms. The fourth-order valence-corrected chi connectivity index (χ4v) is 2.43. The molecule has 0 unspecified atom stereocenters. The van der Waals surface area contributed by atoms with Gasteiger partial charge in [0, 0.05) is 0 Å². The zero-order chi connectivity index (χ0) is 14.9. The number of hydrogen-bond acceptors (Lipinski definition) is 0. The van der Waals surface area contributed by atoms with E-state index in [0.717, 1.165) is 23.7 Å². The normalized spacial score (nSPS) is 12.3. The van der Waals surface area contributed by atoms with E-state index in [4.69, 9.17) is 0 Å². The lowest BCUT2D eigenvalue weighted by Gasteiger charge is -2.22. The van der Waals surface area contributed by atoms with E-state index in [-0.39, 0.29) is 0 Å². The summed E-state index contributed by atoms with van der Waals surface area (Å²) >= 11 is 0. The van der Waals surface area contributed by atoms with Gasteiger partial charge in [-0.2, -0.15) is 0 Å². The van der Waals surface area contributed by atoms with Gasteiger partial charge in [-0.1, -0.05) is 82.1 Å². The lowest BCUT2D eigenvalue weighted by atomic mass is 9.84. The Morgan fingerprint density at radius 2 is 1.17 bits per heavy atom. The van der Waals surface area contributed by atoms with Crippen molar-refractivity contribution in [3.8, 4) is 0 Å². The summed E-state index contributed by atoms with van der Waals surface area (Å²) in [6, 6.07) is 0. The molecular formula is C18H40. The molecule has 0 nitrogen and oxygen atoms in total. The molecule has 0 aromatic carbocycles. The average Bonchev–Trinajstić information content (AvgIpc) is 2.14. The molecule has 0 radical (unpaired) electrons. The van der Waals surface area contributed by atoms with Gasteiger partial charge < -0.3 is 0 Å². The van der Waals surface area contributed by atoms with Crippen LogP contribution in [0.25, 0.3) is 0 Å². The predicted molar refractivity (Wildman–Crippen MR) is 87.0 cm³/mol. The average molecular weight is 257 g/mol. The van der Waals surface area contributed by atoms with Crippen LogP contribution in [0.2, 0.25) is 0 Å². The molecule has 0 spiro atoms. The van der Waals surface area contributed by atoms with Crippen molar-refractivity contribution in [3.05, 3.63) is 0 Å². The van der Waals surface area contributed by atoms with E-state index < -0.39 is 0 Å². The van der Waals surface area contributed by atoms with Crippen molar-refractivity contribution in [3.63, 3.8) is 0 Å². The molecule has 0 saturated carbocycles. The summed E-state index contributed by atoms with van der Waals surface area (Å²) in [7, 11) is 0. The molecule has 0 fully saturated rings. The van der Waals surface area contributed by atoms with Gasteiger partial charge in [0.1, 0.15) is 0 Å². The third-order valence-corrected chi connectivity index (χ3v) is 3.66. The van der Waals surface area contributed by atoms with Crippen LogP contribution in [0, 0.1) is 29.1 Å². The first-order chi connectivity index (χ1) is 8.01. The number of hydrogen-bond donors (Lipinski definition) is 0. The zero-order valence-corrected chi connectivity index (χ0v) is 14.9. The topological polar surface area (TPSA) is 0 Å². The highest BCUT2D eigenvalue weighted by molar-refractivity contribution is 4.64. The fraction of sp³-hybridized carbons (Fsp3) is 1.00. The van der Waals surface area contributed by atoms with Gasteiger partial charge in [-0.25, -0.2) is 0 Å². The molecule has 0 aliphatic carbocycles. The van der Waals surface area contributed by atoms with Crippen LogP contribution in [-0.2, 0) is 0 Å². The largest absolute Gasteiger partial charge is 0.0651 e. The molecule has 0 aliphatic rings. The van der Waals surface area contributed by atoms with Gasteiger partial charge in [-0.3, -0.25) is 0 Å². The number of rotatable bonds is 5. The van der Waals surface area contributed by atoms with Gasteiger partial charge in [-0.15, -0.1) is 0 Å². The molecule has 0 atom stereocenters. The Morgan fingerprint density at radius 1 is 0.778 bits per heavy atom. The van der Waals surface area contributed by atoms with Crippen LogP contribution < -0.4 is 0 Å². The lowest BCUT2D eigenvalue weighted by molar-refractivity contribution is 0.279. The summed E-state index contributed by atoms with van der Waals surface area (Å²) in [5.74, 6) is 3.50. The van der Waals surface area contributed by atoms with Gasteiger partial charge in [-0.05, 0) is 35.5 Å². The van der Waals surface area contributed by atoms with E-state index in [1.54, 1.807) is 0 Å². The Balaban J connectivity index is 0. The predicted octanol–water partition coefficient (Wildman–Crippen LogP) is 6.79. The monoisotopic (exact) mass is 256 g/mol. The molecule has 0 aromatic rings. The van der Waals surface area contributed by atoms with Gasteiger partial charge in [0.05, 0.1) is 0 Å². The van der Waals surface area contributed by atoms with Crippen LogP contribution in [0.1, 0.15) is 88.5 Å². The van der Waals surface area contributed by atoms with Crippen LogP contribution in [0.4, 0.5) is 0 Å². The van der Waals surface area contributed by atoms with Crippen molar-refractivity contribution in [1.82, 2.24) is 0 Å². The first kappa shape index (κ1) is 20.3. The maximum atomic E-state index is 2.31. The highest BCUT2D eigenvalue weighted by Crippen LogP contribution is 2.23. The molecule has 0 aromatic heterocycles. The Labute approximate surface area is 118 Å². The van der Waals surface area contributed by atoms with Crippen LogP contribution in [0.3, 0.4) is 0 Å². The van der Waals surface area contributed by atoms with Crippen molar-refractivity contribution in [1.29, 1.82) is 0 Å². The van der Waals surface area contributed by atoms with Crippen LogP contribution in [-0.4, -0.2) is 0 Å². The Kier molecular flexibility index (Phi) is 11.1. The Bertz CT molecular complexity index is 161. The van der Waals surface area contributed by atoms with E-state index >= 15 is 0 Å². The minimum Gasteiger partial charge on any atom is -0.0651 e. The van der Waals surface area contributed by atoms with Crippen molar-refractivity contribution in [2.24, 2.45) is 29.1 Å². The smallest absolute Gasteiger partial charge is 0.0371 e. The molecule has 112 valence electrons. The molecule has 0 rings (SSSR count). The first-order valence-electron chi connectivity index (χ1n) is 8.01. The van der Waals surface area contributed by atoms with Crippen molar-refractivity contribution in [2.45, 2.75) is 88.5 Å². The fourth-order valence-electron chi connectivity index (χ4n) is 2.43. The Morgan fingerprint density at radius 3 is 1.22 bits per heavy atom. The molecule has 0 aliphatic heterocycles. The summed E-state index contributed by atoms with van der Waals surface area (Å²) in [6.07, 6.45) is 4.05. The van der Waals surface area contributed by atoms with E-state index in [9.17, 15) is 0 Å². The van der Waals surface area contributed by atoms with Crippen molar-refractivity contribution in [2.75, 3.05) is 0 Å². The summed E-state index contributed by atoms with van der Waals surface area (Å²) in [5.41, 5.74) is 0.532. The van der Waals surface area contributed by atoms with E-state index in [1.807, 2.05) is 0 Å². The molecule has 18 heavy (non-hydrogen) atoms. The minimum absolute atomic E-state index is 0.532. The Hall–Kier alpha value is 0. The second-order valence-electron chi connectivity index (χ2n) is 8.05. The zero-order valence-electron chi connectivity index (χ0n) is 14.9. The quantitative estimate of drug-likeness (QED) is 0.508. The highest BCUT2D eigenvalue weighted by atomic mass is 14.2. The third-order valence-electron chi connectivity index (χ3n) is 3.66. The molecule has 0 bridgehead atoms. The van der Waals surface area contributed by atoms with Crippen molar-refractivity contribution < 1.29 is 0 Å². The van der Waals surface area contributed by atoms with Gasteiger partial charge in [0.15, 0.2) is 0 Å². The first-order valence-corrected chi connectivity index (χ1v) is 8.01. The van der Waals surface area contributed by atoms with E-state index in [0.29, 0.717) is 5.41 Å². The van der Waals surface area contributed by atoms with Crippen LogP contribution in [0.15, 0.2) is 0 Å². The molecule has 0 amide bonds. The SMILES string of the molecule is CC(C)CCC(C)(C)C.CCC(C(C)C)C(C)C. The summed E-state index contributed by atoms with van der Waals surface area (Å²) in [5, 5.41) is 0. The third kappa shape index (κ3) is 14.1. The van der Waals surface area contributed by atoms with Crippen molar-refractivity contribution >= 4 is 0 Å². The van der Waals surface area contributed by atoms with Crippen LogP contribution in [0.5, 0.6) is 0 Å². The second-order valence-corrected chi connectivity index (χ2v) is 8.05. The van der Waals surface area contributed by atoms with Gasteiger partial charge in [0.2, 0.25) is 0 Å². The van der Waals surface area contributed by atoms with Gasteiger partial charge >= 0.3 is 0 Å². The highest BCUT2D eigenvalue weighted by Gasteiger charge is 2.13. The molecular weight excluding hydrogens is 216 g/mol. The lowest BCUT2D eigenvalue weighted by Crippen LogP contribution is -2.13. The summed E-state index contributed by atoms with van der Waals surface area (Å²) in [6.45, 7) is 23.0. The van der Waals surface area contributed by atoms with E-state index in [1.165, 1.54) is 19.3 Å². The molecule has 0 heterocycles. The minimum atomic E-state index is 0.532. The van der Waals surface area contributed by atoms with E-state index in [2.05, 4.69) is 69.2 Å². The maximum absolute atomic E-state index is 2.31. The molecule has 0 saturated heterocycles.